The van der Waals surface area contributed by atoms with Crippen LogP contribution in [0.1, 0.15) is 0 Å². The highest BCUT2D eigenvalue weighted by Crippen LogP contribution is 2.21. The highest BCUT2D eigenvalue weighted by atomic mass is 32.3. The van der Waals surface area contributed by atoms with Gasteiger partial charge < -0.3 is 5.43 Å². The lowest BCUT2D eigenvalue weighted by Gasteiger charge is -2.03. The molecule has 0 aromatic heterocycles. The number of rotatable bonds is 1. The van der Waals surface area contributed by atoms with Gasteiger partial charge in [-0.2, -0.15) is 8.42 Å². The number of halogens is 4. The number of hydrogen-bond acceptors (Lipinski definition) is 4. The van der Waals surface area contributed by atoms with E-state index in [-0.39, 0.29) is 0 Å². The number of anilines is 1. The van der Waals surface area contributed by atoms with E-state index >= 15 is 0 Å². The van der Waals surface area contributed by atoms with Gasteiger partial charge in [-0.1, -0.05) is 0 Å². The monoisotopic (exact) mass is 278 g/mol. The molecule has 0 saturated carbocycles. The van der Waals surface area contributed by atoms with E-state index < -0.39 is 39.4 Å². The van der Waals surface area contributed by atoms with Gasteiger partial charge in [0.2, 0.25) is 0 Å². The normalized spacial score (nSPS) is 10.5. The molecule has 0 fully saturated rings. The lowest BCUT2D eigenvalue weighted by molar-refractivity contribution is 0.381. The number of nitrogen functional groups attached to an aromatic ring is 1. The van der Waals surface area contributed by atoms with Crippen LogP contribution in [0, 0.1) is 23.3 Å². The molecular weight excluding hydrogens is 272 g/mol. The molecule has 0 radical (unpaired) electrons. The van der Waals surface area contributed by atoms with Crippen LogP contribution in [-0.2, 0) is 10.4 Å². The van der Waals surface area contributed by atoms with Gasteiger partial charge >= 0.3 is 10.4 Å². The summed E-state index contributed by atoms with van der Waals surface area (Å²) in [4.78, 5) is 0. The Morgan fingerprint density at radius 1 is 1.06 bits per heavy atom. The van der Waals surface area contributed by atoms with Gasteiger partial charge in [-0.3, -0.25) is 14.9 Å². The molecule has 1 rings (SSSR count). The lowest BCUT2D eigenvalue weighted by Crippen LogP contribution is -2.11. The first-order valence-electron chi connectivity index (χ1n) is 3.57. The summed E-state index contributed by atoms with van der Waals surface area (Å²) in [6.45, 7) is 0. The highest BCUT2D eigenvalue weighted by Gasteiger charge is 2.17. The van der Waals surface area contributed by atoms with Crippen molar-refractivity contribution in [1.82, 2.24) is 0 Å². The summed E-state index contributed by atoms with van der Waals surface area (Å²) in [5.74, 6) is -2.09. The van der Waals surface area contributed by atoms with E-state index in [0.29, 0.717) is 6.07 Å². The molecule has 17 heavy (non-hydrogen) atoms. The number of nitrogens with two attached hydrogens (primary N) is 1. The average Bonchev–Trinajstić information content (AvgIpc) is 2.18. The second-order valence-electron chi connectivity index (χ2n) is 2.44. The van der Waals surface area contributed by atoms with Gasteiger partial charge in [0.05, 0.1) is 5.69 Å². The molecule has 0 bridgehead atoms. The summed E-state index contributed by atoms with van der Waals surface area (Å²) < 4.78 is 81.0. The predicted octanol–water partition coefficient (Wildman–Crippen LogP) is 0.876. The lowest BCUT2D eigenvalue weighted by atomic mass is 10.3. The van der Waals surface area contributed by atoms with Crippen molar-refractivity contribution in [2.75, 3.05) is 5.43 Å². The summed E-state index contributed by atoms with van der Waals surface area (Å²) in [7, 11) is -4.67. The molecule has 0 unspecified atom stereocenters. The Morgan fingerprint density at radius 2 is 1.47 bits per heavy atom. The molecule has 1 aromatic rings. The van der Waals surface area contributed by atoms with E-state index in [1.54, 1.807) is 5.43 Å². The third-order valence-electron chi connectivity index (χ3n) is 1.26. The Morgan fingerprint density at radius 3 is 1.82 bits per heavy atom. The van der Waals surface area contributed by atoms with Gasteiger partial charge in [0.1, 0.15) is 0 Å². The summed E-state index contributed by atoms with van der Waals surface area (Å²) >= 11 is 0. The molecule has 98 valence electrons. The van der Waals surface area contributed by atoms with Crippen molar-refractivity contribution in [3.8, 4) is 0 Å². The van der Waals surface area contributed by atoms with Crippen LogP contribution in [-0.4, -0.2) is 17.5 Å². The summed E-state index contributed by atoms with van der Waals surface area (Å²) in [5, 5.41) is 0. The molecule has 0 atom stereocenters. The third-order valence-corrected chi connectivity index (χ3v) is 1.26. The van der Waals surface area contributed by atoms with Gasteiger partial charge in [0.15, 0.2) is 23.3 Å². The minimum absolute atomic E-state index is 0.424. The van der Waals surface area contributed by atoms with Gasteiger partial charge in [-0.15, -0.1) is 0 Å². The van der Waals surface area contributed by atoms with Crippen LogP contribution in [0.5, 0.6) is 0 Å². The Balaban J connectivity index is 0.000000437. The fourth-order valence-corrected chi connectivity index (χ4v) is 0.678. The van der Waals surface area contributed by atoms with Gasteiger partial charge in [0.25, 0.3) is 0 Å². The highest BCUT2D eigenvalue weighted by molar-refractivity contribution is 7.79. The van der Waals surface area contributed by atoms with Crippen LogP contribution >= 0.6 is 0 Å². The minimum Gasteiger partial charge on any atom is -0.321 e. The van der Waals surface area contributed by atoms with E-state index in [2.05, 4.69) is 0 Å². The van der Waals surface area contributed by atoms with Crippen LogP contribution in [0.4, 0.5) is 23.2 Å². The second-order valence-corrected chi connectivity index (χ2v) is 3.34. The quantitative estimate of drug-likeness (QED) is 0.151. The molecule has 6 nitrogen and oxygen atoms in total. The maximum absolute atomic E-state index is 12.5. The SMILES string of the molecule is NNc1cc(F)c(F)c(F)c1F.O=S(=O)(O)O. The first kappa shape index (κ1) is 15.6. The standard InChI is InChI=1S/C6H4F4N2.H2O4S/c7-2-1-3(12-11)5(9)6(10)4(2)8;1-5(2,3)4/h1,12H,11H2;(H2,1,2,3,4). The fraction of sp³-hybridized carbons (Fsp3) is 0. The smallest absolute Gasteiger partial charge is 0.321 e. The molecule has 0 aliphatic rings. The molecule has 5 N–H and O–H groups in total. The van der Waals surface area contributed by atoms with E-state index in [4.69, 9.17) is 23.4 Å². The number of hydrazine groups is 1. The first-order valence-corrected chi connectivity index (χ1v) is 4.97. The van der Waals surface area contributed by atoms with E-state index in [9.17, 15) is 17.6 Å². The van der Waals surface area contributed by atoms with Crippen LogP contribution in [0.2, 0.25) is 0 Å². The molecule has 0 heterocycles. The molecule has 0 amide bonds. The molecule has 1 aromatic carbocycles. The average molecular weight is 278 g/mol. The predicted molar refractivity (Wildman–Crippen MR) is 48.3 cm³/mol. The first-order chi connectivity index (χ1) is 7.57. The zero-order chi connectivity index (χ0) is 13.8. The summed E-state index contributed by atoms with van der Waals surface area (Å²) in [5.41, 5.74) is 1.05. The van der Waals surface area contributed by atoms with Crippen molar-refractivity contribution >= 4 is 16.1 Å². The number of nitrogens with one attached hydrogen (secondary N) is 1. The zero-order valence-corrected chi connectivity index (χ0v) is 8.60. The maximum atomic E-state index is 12.5. The van der Waals surface area contributed by atoms with Gasteiger partial charge in [-0.05, 0) is 0 Å². The van der Waals surface area contributed by atoms with E-state index in [1.807, 2.05) is 0 Å². The van der Waals surface area contributed by atoms with Crippen molar-refractivity contribution in [1.29, 1.82) is 0 Å². The second kappa shape index (κ2) is 5.77. The van der Waals surface area contributed by atoms with Crippen LogP contribution in [0.15, 0.2) is 6.07 Å². The number of benzene rings is 1. The zero-order valence-electron chi connectivity index (χ0n) is 7.79. The topological polar surface area (TPSA) is 113 Å². The van der Waals surface area contributed by atoms with Crippen molar-refractivity contribution in [3.05, 3.63) is 29.3 Å². The van der Waals surface area contributed by atoms with Crippen LogP contribution in [0.3, 0.4) is 0 Å². The Hall–Kier alpha value is -1.43. The van der Waals surface area contributed by atoms with Crippen molar-refractivity contribution < 1.29 is 35.1 Å². The van der Waals surface area contributed by atoms with Crippen LogP contribution < -0.4 is 11.3 Å². The minimum atomic E-state index is -4.67. The Labute approximate surface area is 92.6 Å². The van der Waals surface area contributed by atoms with E-state index in [1.165, 1.54) is 0 Å². The molecule has 11 heteroatoms. The molecule has 0 saturated heterocycles. The fourth-order valence-electron chi connectivity index (χ4n) is 0.678. The van der Waals surface area contributed by atoms with Crippen LogP contribution in [0.25, 0.3) is 0 Å². The van der Waals surface area contributed by atoms with Gasteiger partial charge in [-0.25, -0.2) is 17.6 Å². The van der Waals surface area contributed by atoms with Crippen molar-refractivity contribution in [2.24, 2.45) is 5.84 Å². The Kier molecular flexibility index (Phi) is 5.28. The van der Waals surface area contributed by atoms with E-state index in [0.717, 1.165) is 0 Å². The molecular formula is C6H6F4N2O4S. The van der Waals surface area contributed by atoms with Crippen molar-refractivity contribution in [2.45, 2.75) is 0 Å². The summed E-state index contributed by atoms with van der Waals surface area (Å²) in [6.07, 6.45) is 0. The Bertz CT molecular complexity index is 499. The van der Waals surface area contributed by atoms with Crippen molar-refractivity contribution in [3.63, 3.8) is 0 Å². The molecule has 0 aliphatic heterocycles. The maximum Gasteiger partial charge on any atom is 0.394 e. The molecule has 0 spiro atoms. The largest absolute Gasteiger partial charge is 0.394 e. The number of hydrogen-bond donors (Lipinski definition) is 4. The van der Waals surface area contributed by atoms with Gasteiger partial charge in [0, 0.05) is 6.07 Å². The molecule has 0 aliphatic carbocycles. The summed E-state index contributed by atoms with van der Waals surface area (Å²) in [6, 6.07) is 0.424. The third kappa shape index (κ3) is 5.44.